The number of carbonyl (C=O) groups is 1. The maximum absolute atomic E-state index is 11.7. The molecule has 3 aromatic rings. The maximum Gasteiger partial charge on any atom is 0.323 e. The molecule has 0 aliphatic heterocycles. The van der Waals surface area contributed by atoms with Crippen LogP contribution in [-0.2, 0) is 5.41 Å². The van der Waals surface area contributed by atoms with Gasteiger partial charge in [0.05, 0.1) is 0 Å². The van der Waals surface area contributed by atoms with E-state index in [1.165, 1.54) is 18.0 Å². The van der Waals surface area contributed by atoms with Crippen LogP contribution >= 0.6 is 23.4 Å². The van der Waals surface area contributed by atoms with Crippen LogP contribution in [0.1, 0.15) is 26.5 Å². The number of aromatic nitrogens is 4. The largest absolute Gasteiger partial charge is 0.334 e. The number of para-hydroxylation sites is 1. The lowest BCUT2D eigenvalue weighted by Gasteiger charge is -2.16. The van der Waals surface area contributed by atoms with Crippen molar-refractivity contribution in [3.8, 4) is 0 Å². The van der Waals surface area contributed by atoms with Gasteiger partial charge in [-0.05, 0) is 30.5 Å². The number of benzene rings is 1. The summed E-state index contributed by atoms with van der Waals surface area (Å²) in [5.74, 6) is 5.57. The number of nitrogens with two attached hydrogens (primary N) is 1. The van der Waals surface area contributed by atoms with Crippen LogP contribution in [0.25, 0.3) is 0 Å². The summed E-state index contributed by atoms with van der Waals surface area (Å²) in [5, 5.41) is 13.9. The Labute approximate surface area is 189 Å². The van der Waals surface area contributed by atoms with E-state index in [1.54, 1.807) is 30.5 Å². The lowest BCUT2D eigenvalue weighted by Crippen LogP contribution is -2.37. The summed E-state index contributed by atoms with van der Waals surface area (Å²) in [6, 6.07) is 12.1. The van der Waals surface area contributed by atoms with Crippen LogP contribution in [0, 0.1) is 0 Å². The average Bonchev–Trinajstić information content (AvgIpc) is 2.70. The third-order valence-electron chi connectivity index (χ3n) is 3.77. The van der Waals surface area contributed by atoms with Crippen LogP contribution in [0.2, 0.25) is 5.15 Å². The molecule has 0 radical (unpaired) electrons. The second kappa shape index (κ2) is 10.8. The molecule has 0 saturated heterocycles. The van der Waals surface area contributed by atoms with Crippen LogP contribution in [0.4, 0.5) is 16.2 Å². The summed E-state index contributed by atoms with van der Waals surface area (Å²) in [4.78, 5) is 27.1. The van der Waals surface area contributed by atoms with Gasteiger partial charge in [0, 0.05) is 23.0 Å². The van der Waals surface area contributed by atoms with Gasteiger partial charge >= 0.3 is 6.03 Å². The van der Waals surface area contributed by atoms with E-state index in [4.69, 9.17) is 17.4 Å². The van der Waals surface area contributed by atoms with Crippen molar-refractivity contribution < 1.29 is 4.79 Å². The fourth-order valence-electron chi connectivity index (χ4n) is 2.29. The number of thioether (sulfide) groups is 1. The first-order chi connectivity index (χ1) is 14.6. The molecule has 164 valence electrons. The topological polar surface area (TPSA) is 128 Å². The molecule has 2 amide bonds. The van der Waals surface area contributed by atoms with Gasteiger partial charge in [0.1, 0.15) is 10.8 Å². The van der Waals surface area contributed by atoms with Gasteiger partial charge in [-0.25, -0.2) is 9.78 Å². The number of nitrogen functional groups attached to an aromatic ring is 1. The third kappa shape index (κ3) is 7.26. The number of urea groups is 1. The van der Waals surface area contributed by atoms with E-state index in [0.29, 0.717) is 21.7 Å². The molecule has 3 rings (SSSR count). The zero-order valence-electron chi connectivity index (χ0n) is 17.6. The summed E-state index contributed by atoms with van der Waals surface area (Å²) in [7, 11) is 0. The van der Waals surface area contributed by atoms with E-state index in [-0.39, 0.29) is 17.0 Å². The van der Waals surface area contributed by atoms with Crippen LogP contribution < -0.4 is 22.0 Å². The van der Waals surface area contributed by atoms with Gasteiger partial charge in [0.15, 0.2) is 0 Å². The van der Waals surface area contributed by atoms with Crippen LogP contribution in [0.15, 0.2) is 58.6 Å². The monoisotopic (exact) mass is 461 g/mol. The van der Waals surface area contributed by atoms with Gasteiger partial charge in [-0.3, -0.25) is 4.79 Å². The van der Waals surface area contributed by atoms with Gasteiger partial charge in [-0.15, -0.1) is 10.2 Å². The minimum absolute atomic E-state index is 0.281. The molecule has 0 bridgehead atoms. The highest BCUT2D eigenvalue weighted by Crippen LogP contribution is 2.16. The van der Waals surface area contributed by atoms with Crippen molar-refractivity contribution in [3.63, 3.8) is 0 Å². The number of halogens is 1. The number of anilines is 2. The lowest BCUT2D eigenvalue weighted by molar-refractivity contribution is 0.262. The number of amides is 2. The second-order valence-corrected chi connectivity index (χ2v) is 8.43. The number of pyridine rings is 1. The Morgan fingerprint density at radius 2 is 1.74 bits per heavy atom. The predicted molar refractivity (Wildman–Crippen MR) is 125 cm³/mol. The number of carbonyl (C=O) groups excluding carboxylic acids is 1. The van der Waals surface area contributed by atoms with Crippen molar-refractivity contribution in [2.24, 2.45) is 0 Å². The summed E-state index contributed by atoms with van der Waals surface area (Å²) in [5.41, 5.74) is 1.10. The van der Waals surface area contributed by atoms with E-state index >= 15 is 0 Å². The van der Waals surface area contributed by atoms with Gasteiger partial charge in [-0.1, -0.05) is 62.3 Å². The van der Waals surface area contributed by atoms with Crippen molar-refractivity contribution in [2.75, 3.05) is 22.7 Å². The first kappa shape index (κ1) is 24.2. The van der Waals surface area contributed by atoms with Crippen LogP contribution in [-0.4, -0.2) is 32.1 Å². The molecule has 4 N–H and O–H groups in total. The molecule has 0 fully saturated rings. The highest BCUT2D eigenvalue weighted by atomic mass is 35.5. The van der Waals surface area contributed by atoms with E-state index in [2.05, 4.69) is 25.8 Å². The van der Waals surface area contributed by atoms with Gasteiger partial charge in [0.2, 0.25) is 5.16 Å². The molecule has 0 unspecified atom stereocenters. The smallest absolute Gasteiger partial charge is 0.323 e. The number of hydrogen-bond donors (Lipinski definition) is 3. The molecule has 1 aromatic carbocycles. The molecule has 2 aromatic heterocycles. The molecule has 0 aliphatic rings. The molecule has 0 aliphatic carbocycles. The maximum atomic E-state index is 11.7. The van der Waals surface area contributed by atoms with Crippen molar-refractivity contribution in [1.82, 2.24) is 19.9 Å². The number of nitrogens with zero attached hydrogens (tertiary/aromatic N) is 4. The highest BCUT2D eigenvalue weighted by Gasteiger charge is 2.22. The Bertz CT molecular complexity index is 1080. The standard InChI is InChI=1S/C12H10ClN3O.C8H14N4OS/c13-11-8-10(6-7-14-11)16-12(17)15-9-4-2-1-3-5-9;1-8(2,3)5-6(13)12(9)7(14-4)11-10-5/h1-8H,(H2,14,15,16,17);9H2,1-4H3. The molecule has 2 heterocycles. The quantitative estimate of drug-likeness (QED) is 0.308. The Hall–Kier alpha value is -3.11. The first-order valence-corrected chi connectivity index (χ1v) is 10.8. The SMILES string of the molecule is CSc1nnc(C(C)(C)C)c(=O)n1N.O=C(Nc1ccccc1)Nc1ccnc(Cl)c1. The first-order valence-electron chi connectivity index (χ1n) is 9.15. The summed E-state index contributed by atoms with van der Waals surface area (Å²) < 4.78 is 1.04. The van der Waals surface area contributed by atoms with E-state index < -0.39 is 0 Å². The number of nitrogens with one attached hydrogen (secondary N) is 2. The summed E-state index contributed by atoms with van der Waals surface area (Å²) in [6.07, 6.45) is 3.32. The van der Waals surface area contributed by atoms with Gasteiger partial charge in [-0.2, -0.15) is 4.68 Å². The Morgan fingerprint density at radius 1 is 1.10 bits per heavy atom. The van der Waals surface area contributed by atoms with Crippen molar-refractivity contribution in [3.05, 3.63) is 69.9 Å². The zero-order chi connectivity index (χ0) is 23.0. The van der Waals surface area contributed by atoms with Gasteiger partial charge < -0.3 is 16.5 Å². The van der Waals surface area contributed by atoms with Crippen LogP contribution in [0.3, 0.4) is 0 Å². The Morgan fingerprint density at radius 3 is 2.32 bits per heavy atom. The Balaban J connectivity index is 0.000000225. The second-order valence-electron chi connectivity index (χ2n) is 7.27. The van der Waals surface area contributed by atoms with E-state index in [0.717, 1.165) is 10.4 Å². The third-order valence-corrected chi connectivity index (χ3v) is 4.62. The molecular weight excluding hydrogens is 438 g/mol. The zero-order valence-corrected chi connectivity index (χ0v) is 19.2. The minimum atomic E-state index is -0.331. The fourth-order valence-corrected chi connectivity index (χ4v) is 2.87. The molecule has 0 spiro atoms. The molecular formula is C20H24ClN7O2S. The molecule has 0 saturated carbocycles. The summed E-state index contributed by atoms with van der Waals surface area (Å²) >= 11 is 7.00. The molecule has 0 atom stereocenters. The van der Waals surface area contributed by atoms with Gasteiger partial charge in [0.25, 0.3) is 5.56 Å². The van der Waals surface area contributed by atoms with Crippen molar-refractivity contribution >= 4 is 40.8 Å². The Kier molecular flexibility index (Phi) is 8.40. The minimum Gasteiger partial charge on any atom is -0.334 e. The van der Waals surface area contributed by atoms with Crippen LogP contribution in [0.5, 0.6) is 0 Å². The van der Waals surface area contributed by atoms with Crippen molar-refractivity contribution in [1.29, 1.82) is 0 Å². The molecule has 11 heteroatoms. The predicted octanol–water partition coefficient (Wildman–Crippen LogP) is 3.75. The van der Waals surface area contributed by atoms with E-state index in [1.807, 2.05) is 39.0 Å². The molecule has 9 nitrogen and oxygen atoms in total. The normalized spacial score (nSPS) is 10.6. The number of hydrogen-bond acceptors (Lipinski definition) is 7. The average molecular weight is 462 g/mol. The lowest BCUT2D eigenvalue weighted by atomic mass is 9.93. The highest BCUT2D eigenvalue weighted by molar-refractivity contribution is 7.98. The number of rotatable bonds is 3. The van der Waals surface area contributed by atoms with Crippen molar-refractivity contribution in [2.45, 2.75) is 31.3 Å². The molecule has 31 heavy (non-hydrogen) atoms. The van der Waals surface area contributed by atoms with E-state index in [9.17, 15) is 9.59 Å². The fraction of sp³-hybridized carbons (Fsp3) is 0.250. The summed E-state index contributed by atoms with van der Waals surface area (Å²) in [6.45, 7) is 5.70.